The second-order valence-corrected chi connectivity index (χ2v) is 2.79. The van der Waals surface area contributed by atoms with Crippen LogP contribution in [-0.2, 0) is 0 Å². The number of ether oxygens (including phenoxy) is 1. The summed E-state index contributed by atoms with van der Waals surface area (Å²) >= 11 is 0. The number of nitrogen functional groups attached to an aromatic ring is 1. The van der Waals surface area contributed by atoms with E-state index in [1.165, 1.54) is 0 Å². The summed E-state index contributed by atoms with van der Waals surface area (Å²) in [6.45, 7) is 1.92. The smallest absolute Gasteiger partial charge is 0.141 e. The highest BCUT2D eigenvalue weighted by atomic mass is 16.5. The van der Waals surface area contributed by atoms with Gasteiger partial charge in [0.2, 0.25) is 0 Å². The van der Waals surface area contributed by atoms with Gasteiger partial charge in [0.1, 0.15) is 5.75 Å². The fourth-order valence-corrected chi connectivity index (χ4v) is 1.04. The third-order valence-electron chi connectivity index (χ3n) is 1.78. The van der Waals surface area contributed by atoms with Crippen LogP contribution in [0.15, 0.2) is 18.2 Å². The standard InChI is InChI=1S/C9H14N2O/c1-6(10)7-3-4-9(12-2)8(11)5-7/h3-6H,10-11H2,1-2H3. The zero-order chi connectivity index (χ0) is 9.14. The van der Waals surface area contributed by atoms with Crippen molar-refractivity contribution in [2.24, 2.45) is 5.73 Å². The van der Waals surface area contributed by atoms with E-state index in [4.69, 9.17) is 16.2 Å². The van der Waals surface area contributed by atoms with Crippen LogP contribution in [0.25, 0.3) is 0 Å². The summed E-state index contributed by atoms with van der Waals surface area (Å²) in [4.78, 5) is 0. The predicted octanol–water partition coefficient (Wildman–Crippen LogP) is 1.30. The van der Waals surface area contributed by atoms with Crippen molar-refractivity contribution in [1.29, 1.82) is 0 Å². The summed E-state index contributed by atoms with van der Waals surface area (Å²) in [7, 11) is 1.59. The quantitative estimate of drug-likeness (QED) is 0.651. The Morgan fingerprint density at radius 2 is 2.08 bits per heavy atom. The maximum Gasteiger partial charge on any atom is 0.141 e. The molecule has 0 aliphatic heterocycles. The molecule has 66 valence electrons. The zero-order valence-electron chi connectivity index (χ0n) is 7.37. The molecule has 1 rings (SSSR count). The Balaban J connectivity index is 3.02. The third-order valence-corrected chi connectivity index (χ3v) is 1.78. The number of hydrogen-bond donors (Lipinski definition) is 2. The summed E-state index contributed by atoms with van der Waals surface area (Å²) in [6, 6.07) is 5.59. The molecule has 1 atom stereocenters. The molecule has 0 bridgehead atoms. The summed E-state index contributed by atoms with van der Waals surface area (Å²) in [5.41, 5.74) is 13.0. The first-order valence-electron chi connectivity index (χ1n) is 3.84. The average Bonchev–Trinajstić information content (AvgIpc) is 2.04. The molecule has 4 N–H and O–H groups in total. The fourth-order valence-electron chi connectivity index (χ4n) is 1.04. The van der Waals surface area contributed by atoms with Gasteiger partial charge in [0.15, 0.2) is 0 Å². The Morgan fingerprint density at radius 3 is 2.50 bits per heavy atom. The van der Waals surface area contributed by atoms with E-state index < -0.39 is 0 Å². The largest absolute Gasteiger partial charge is 0.495 e. The molecule has 0 aliphatic carbocycles. The molecule has 0 saturated carbocycles. The van der Waals surface area contributed by atoms with Gasteiger partial charge in [-0.05, 0) is 24.6 Å². The molecule has 1 unspecified atom stereocenters. The second-order valence-electron chi connectivity index (χ2n) is 2.79. The summed E-state index contributed by atoms with van der Waals surface area (Å²) < 4.78 is 5.01. The van der Waals surface area contributed by atoms with Gasteiger partial charge >= 0.3 is 0 Å². The maximum absolute atomic E-state index is 5.69. The van der Waals surface area contributed by atoms with Crippen molar-refractivity contribution in [2.75, 3.05) is 12.8 Å². The Hall–Kier alpha value is -1.22. The van der Waals surface area contributed by atoms with Gasteiger partial charge in [0, 0.05) is 6.04 Å². The lowest BCUT2D eigenvalue weighted by Crippen LogP contribution is -2.05. The van der Waals surface area contributed by atoms with Crippen molar-refractivity contribution >= 4 is 5.69 Å². The maximum atomic E-state index is 5.69. The zero-order valence-corrected chi connectivity index (χ0v) is 7.37. The van der Waals surface area contributed by atoms with Crippen molar-refractivity contribution in [2.45, 2.75) is 13.0 Å². The van der Waals surface area contributed by atoms with Crippen LogP contribution in [0.2, 0.25) is 0 Å². The number of hydrogen-bond acceptors (Lipinski definition) is 3. The highest BCUT2D eigenvalue weighted by Gasteiger charge is 2.02. The summed E-state index contributed by atoms with van der Waals surface area (Å²) in [5.74, 6) is 0.694. The van der Waals surface area contributed by atoms with Gasteiger partial charge in [-0.2, -0.15) is 0 Å². The minimum atomic E-state index is 0.0122. The van der Waals surface area contributed by atoms with Crippen LogP contribution < -0.4 is 16.2 Å². The second kappa shape index (κ2) is 3.45. The molecule has 1 aromatic carbocycles. The van der Waals surface area contributed by atoms with Gasteiger partial charge < -0.3 is 16.2 Å². The molecular weight excluding hydrogens is 152 g/mol. The van der Waals surface area contributed by atoms with Crippen LogP contribution in [0.5, 0.6) is 5.75 Å². The first kappa shape index (κ1) is 8.87. The van der Waals surface area contributed by atoms with Gasteiger partial charge in [0.25, 0.3) is 0 Å². The van der Waals surface area contributed by atoms with Gasteiger partial charge in [-0.3, -0.25) is 0 Å². The molecule has 3 nitrogen and oxygen atoms in total. The Kier molecular flexibility index (Phi) is 2.55. The molecule has 0 heterocycles. The van der Waals surface area contributed by atoms with Crippen molar-refractivity contribution < 1.29 is 4.74 Å². The van der Waals surface area contributed by atoms with E-state index in [0.29, 0.717) is 11.4 Å². The van der Waals surface area contributed by atoms with Gasteiger partial charge in [-0.1, -0.05) is 6.07 Å². The van der Waals surface area contributed by atoms with Crippen molar-refractivity contribution in [3.05, 3.63) is 23.8 Å². The molecular formula is C9H14N2O. The van der Waals surface area contributed by atoms with E-state index in [1.807, 2.05) is 25.1 Å². The SMILES string of the molecule is COc1ccc(C(C)N)cc1N. The van der Waals surface area contributed by atoms with Crippen LogP contribution in [0, 0.1) is 0 Å². The van der Waals surface area contributed by atoms with Gasteiger partial charge in [-0.25, -0.2) is 0 Å². The normalized spacial score (nSPS) is 12.6. The highest BCUT2D eigenvalue weighted by molar-refractivity contribution is 5.54. The molecule has 3 heteroatoms. The fraction of sp³-hybridized carbons (Fsp3) is 0.333. The lowest BCUT2D eigenvalue weighted by atomic mass is 10.1. The van der Waals surface area contributed by atoms with E-state index in [-0.39, 0.29) is 6.04 Å². The number of anilines is 1. The van der Waals surface area contributed by atoms with Crippen molar-refractivity contribution in [1.82, 2.24) is 0 Å². The van der Waals surface area contributed by atoms with E-state index in [9.17, 15) is 0 Å². The van der Waals surface area contributed by atoms with E-state index >= 15 is 0 Å². The van der Waals surface area contributed by atoms with Crippen molar-refractivity contribution in [3.63, 3.8) is 0 Å². The van der Waals surface area contributed by atoms with Crippen LogP contribution >= 0.6 is 0 Å². The molecule has 0 fully saturated rings. The summed E-state index contributed by atoms with van der Waals surface area (Å²) in [5, 5.41) is 0. The molecule has 1 aromatic rings. The first-order chi connectivity index (χ1) is 5.65. The monoisotopic (exact) mass is 166 g/mol. The molecule has 0 amide bonds. The Labute approximate surface area is 72.3 Å². The van der Waals surface area contributed by atoms with E-state index in [1.54, 1.807) is 7.11 Å². The minimum absolute atomic E-state index is 0.0122. The molecule has 0 radical (unpaired) electrons. The van der Waals surface area contributed by atoms with Gasteiger partial charge in [-0.15, -0.1) is 0 Å². The number of methoxy groups -OCH3 is 1. The van der Waals surface area contributed by atoms with Crippen LogP contribution in [0.3, 0.4) is 0 Å². The lowest BCUT2D eigenvalue weighted by molar-refractivity contribution is 0.417. The van der Waals surface area contributed by atoms with Crippen LogP contribution in [0.4, 0.5) is 5.69 Å². The molecule has 0 aliphatic rings. The molecule has 0 aromatic heterocycles. The molecule has 0 saturated heterocycles. The van der Waals surface area contributed by atoms with Crippen LogP contribution in [-0.4, -0.2) is 7.11 Å². The number of rotatable bonds is 2. The summed E-state index contributed by atoms with van der Waals surface area (Å²) in [6.07, 6.45) is 0. The van der Waals surface area contributed by atoms with Crippen LogP contribution in [0.1, 0.15) is 18.5 Å². The lowest BCUT2D eigenvalue weighted by Gasteiger charge is -2.09. The topological polar surface area (TPSA) is 61.3 Å². The highest BCUT2D eigenvalue weighted by Crippen LogP contribution is 2.23. The predicted molar refractivity (Wildman–Crippen MR) is 50.0 cm³/mol. The number of benzene rings is 1. The average molecular weight is 166 g/mol. The Morgan fingerprint density at radius 1 is 1.42 bits per heavy atom. The van der Waals surface area contributed by atoms with E-state index in [2.05, 4.69) is 0 Å². The van der Waals surface area contributed by atoms with E-state index in [0.717, 1.165) is 5.56 Å². The van der Waals surface area contributed by atoms with Gasteiger partial charge in [0.05, 0.1) is 12.8 Å². The minimum Gasteiger partial charge on any atom is -0.495 e. The number of nitrogens with two attached hydrogens (primary N) is 2. The first-order valence-corrected chi connectivity index (χ1v) is 3.84. The third kappa shape index (κ3) is 1.68. The Bertz CT molecular complexity index is 271. The molecule has 0 spiro atoms. The molecule has 12 heavy (non-hydrogen) atoms. The van der Waals surface area contributed by atoms with Crippen molar-refractivity contribution in [3.8, 4) is 5.75 Å².